The third kappa shape index (κ3) is 3.79. The van der Waals surface area contributed by atoms with Gasteiger partial charge in [-0.2, -0.15) is 0 Å². The number of aliphatic hydroxyl groups is 1. The maximum atomic E-state index is 14.7. The number of thiophene rings is 1. The Bertz CT molecular complexity index is 1340. The number of ketones is 1. The number of amides is 1. The van der Waals surface area contributed by atoms with Gasteiger partial charge in [0.15, 0.2) is 11.5 Å². The molecule has 1 aromatic heterocycles. The summed E-state index contributed by atoms with van der Waals surface area (Å²) in [6.07, 6.45) is 0. The number of hydrogen-bond donors (Lipinski definition) is 1. The number of hydrogen-bond acceptors (Lipinski definition) is 6. The molecule has 0 saturated carbocycles. The first-order valence-electron chi connectivity index (χ1n) is 9.61. The Balaban J connectivity index is 2.02. The normalized spacial score (nSPS) is 17.4. The molecule has 0 spiro atoms. The molecule has 11 heteroatoms. The van der Waals surface area contributed by atoms with Crippen LogP contribution in [-0.2, 0) is 9.59 Å². The van der Waals surface area contributed by atoms with Crippen molar-refractivity contribution in [2.24, 2.45) is 0 Å². The third-order valence-corrected chi connectivity index (χ3v) is 6.77. The number of carbonyl (C=O) groups is 2. The number of carbonyl (C=O) groups excluding carboxylic acids is 2. The highest BCUT2D eigenvalue weighted by Gasteiger charge is 2.48. The molecule has 1 unspecified atom stereocenters. The van der Waals surface area contributed by atoms with Crippen molar-refractivity contribution in [3.05, 3.63) is 79.5 Å². The molecule has 1 atom stereocenters. The van der Waals surface area contributed by atoms with Crippen LogP contribution in [0.5, 0.6) is 11.5 Å². The van der Waals surface area contributed by atoms with Crippen LogP contribution in [0.3, 0.4) is 0 Å². The number of anilines is 1. The average Bonchev–Trinajstić information content (AvgIpc) is 3.42. The molecule has 6 nitrogen and oxygen atoms in total. The second kappa shape index (κ2) is 9.25. The summed E-state index contributed by atoms with van der Waals surface area (Å²) >= 11 is 13.7. The van der Waals surface area contributed by atoms with E-state index in [4.69, 9.17) is 32.7 Å². The van der Waals surface area contributed by atoms with Crippen LogP contribution in [0.15, 0.2) is 47.4 Å². The van der Waals surface area contributed by atoms with Crippen molar-refractivity contribution in [2.75, 3.05) is 19.1 Å². The van der Waals surface area contributed by atoms with Gasteiger partial charge in [0.2, 0.25) is 0 Å². The van der Waals surface area contributed by atoms with Gasteiger partial charge in [0.1, 0.15) is 28.5 Å². The van der Waals surface area contributed by atoms with Crippen molar-refractivity contribution < 1.29 is 33.0 Å². The zero-order chi connectivity index (χ0) is 24.7. The van der Waals surface area contributed by atoms with Crippen LogP contribution >= 0.6 is 34.5 Å². The molecule has 2 heterocycles. The molecule has 3 aromatic rings. The molecular weight excluding hydrogens is 511 g/mol. The van der Waals surface area contributed by atoms with Gasteiger partial charge in [-0.05, 0) is 29.6 Å². The number of Topliss-reactive ketones (excluding diaryl/α,β-unsaturated/α-hetero) is 1. The van der Waals surface area contributed by atoms with E-state index in [1.54, 1.807) is 17.5 Å². The molecule has 1 aliphatic rings. The molecule has 2 aromatic carbocycles. The van der Waals surface area contributed by atoms with Gasteiger partial charge >= 0.3 is 0 Å². The van der Waals surface area contributed by atoms with Crippen LogP contribution in [0.1, 0.15) is 16.5 Å². The fourth-order valence-electron chi connectivity index (χ4n) is 3.76. The highest BCUT2D eigenvalue weighted by Crippen LogP contribution is 2.48. The molecule has 4 rings (SSSR count). The topological polar surface area (TPSA) is 76.1 Å². The van der Waals surface area contributed by atoms with Crippen LogP contribution < -0.4 is 14.4 Å². The highest BCUT2D eigenvalue weighted by atomic mass is 35.5. The summed E-state index contributed by atoms with van der Waals surface area (Å²) in [6, 6.07) is 5.82. The summed E-state index contributed by atoms with van der Waals surface area (Å²) in [5, 5.41) is 12.9. The lowest BCUT2D eigenvalue weighted by Crippen LogP contribution is -2.30. The first kappa shape index (κ1) is 24.0. The summed E-state index contributed by atoms with van der Waals surface area (Å²) < 4.78 is 39.1. The first-order chi connectivity index (χ1) is 16.2. The number of ether oxygens (including phenoxy) is 2. The minimum absolute atomic E-state index is 0.00734. The lowest BCUT2D eigenvalue weighted by atomic mass is 9.99. The molecule has 176 valence electrons. The maximum absolute atomic E-state index is 14.7. The molecule has 0 radical (unpaired) electrons. The van der Waals surface area contributed by atoms with Crippen molar-refractivity contribution in [1.29, 1.82) is 0 Å². The van der Waals surface area contributed by atoms with Crippen molar-refractivity contribution in [3.8, 4) is 11.5 Å². The van der Waals surface area contributed by atoms with E-state index in [-0.39, 0.29) is 32.7 Å². The molecule has 1 amide bonds. The molecule has 0 aliphatic carbocycles. The smallest absolute Gasteiger partial charge is 0.300 e. The largest absolute Gasteiger partial charge is 0.507 e. The Hall–Kier alpha value is -3.14. The minimum Gasteiger partial charge on any atom is -0.507 e. The van der Waals surface area contributed by atoms with E-state index < -0.39 is 40.8 Å². The lowest BCUT2D eigenvalue weighted by molar-refractivity contribution is -0.132. The van der Waals surface area contributed by atoms with Crippen LogP contribution in [-0.4, -0.2) is 31.0 Å². The molecule has 1 saturated heterocycles. The van der Waals surface area contributed by atoms with Crippen molar-refractivity contribution in [3.63, 3.8) is 0 Å². The van der Waals surface area contributed by atoms with E-state index in [1.807, 2.05) is 0 Å². The Labute approximate surface area is 206 Å². The number of nitrogens with zero attached hydrogens (tertiary/aromatic N) is 1. The van der Waals surface area contributed by atoms with E-state index in [0.29, 0.717) is 4.88 Å². The molecule has 1 aliphatic heterocycles. The van der Waals surface area contributed by atoms with Crippen LogP contribution in [0.25, 0.3) is 5.76 Å². The summed E-state index contributed by atoms with van der Waals surface area (Å²) in [4.78, 5) is 27.4. The average molecular weight is 526 g/mol. The molecule has 1 N–H and O–H groups in total. The number of aliphatic hydroxyl groups excluding tert-OH is 1. The van der Waals surface area contributed by atoms with Crippen molar-refractivity contribution >= 4 is 57.7 Å². The van der Waals surface area contributed by atoms with Gasteiger partial charge in [-0.25, -0.2) is 8.78 Å². The summed E-state index contributed by atoms with van der Waals surface area (Å²) in [7, 11) is 2.62. The number of rotatable bonds is 5. The molecule has 34 heavy (non-hydrogen) atoms. The van der Waals surface area contributed by atoms with Gasteiger partial charge in [0.25, 0.3) is 11.7 Å². The van der Waals surface area contributed by atoms with E-state index in [0.717, 1.165) is 34.4 Å². The van der Waals surface area contributed by atoms with Crippen molar-refractivity contribution in [1.82, 2.24) is 0 Å². The zero-order valence-electron chi connectivity index (χ0n) is 17.6. The summed E-state index contributed by atoms with van der Waals surface area (Å²) in [6.45, 7) is 0. The first-order valence-corrected chi connectivity index (χ1v) is 11.2. The van der Waals surface area contributed by atoms with Gasteiger partial charge in [-0.3, -0.25) is 14.5 Å². The summed E-state index contributed by atoms with van der Waals surface area (Å²) in [5.74, 6) is -4.61. The van der Waals surface area contributed by atoms with E-state index >= 15 is 0 Å². The molecular formula is C23H15Cl2F2NO5S. The highest BCUT2D eigenvalue weighted by molar-refractivity contribution is 7.10. The second-order valence-electron chi connectivity index (χ2n) is 7.07. The Kier molecular flexibility index (Phi) is 6.53. The summed E-state index contributed by atoms with van der Waals surface area (Å²) in [5.41, 5.74) is -0.901. The SMILES string of the molecule is COc1c(Cl)cc(/C(O)=C2/C(=O)C(=O)N(c3cc(F)ccc3F)C2c2cccs2)c(OC)c1Cl. The number of benzene rings is 2. The van der Waals surface area contributed by atoms with Gasteiger partial charge in [-0.15, -0.1) is 11.3 Å². The predicted molar refractivity (Wildman–Crippen MR) is 125 cm³/mol. The standard InChI is InChI=1S/C23H15Cl2F2NO5S/c1-32-21-11(9-12(24)22(33-2)17(21)25)19(29)16-18(15-4-3-7-34-15)28(23(31)20(16)30)14-8-10(26)5-6-13(14)27/h3-9,18,29H,1-2H3/b19-16-. The van der Waals surface area contributed by atoms with Crippen molar-refractivity contribution in [2.45, 2.75) is 6.04 Å². The molecule has 1 fully saturated rings. The second-order valence-corrected chi connectivity index (χ2v) is 8.83. The molecule has 0 bridgehead atoms. The third-order valence-electron chi connectivity index (χ3n) is 5.22. The van der Waals surface area contributed by atoms with Crippen LogP contribution in [0.4, 0.5) is 14.5 Å². The Morgan fingerprint density at radius 2 is 1.79 bits per heavy atom. The quantitative estimate of drug-likeness (QED) is 0.252. The van der Waals surface area contributed by atoms with Gasteiger partial charge in [-0.1, -0.05) is 29.3 Å². The maximum Gasteiger partial charge on any atom is 0.300 e. The zero-order valence-corrected chi connectivity index (χ0v) is 19.9. The van der Waals surface area contributed by atoms with Crippen LogP contribution in [0.2, 0.25) is 10.0 Å². The monoisotopic (exact) mass is 525 g/mol. The lowest BCUT2D eigenvalue weighted by Gasteiger charge is -2.24. The number of methoxy groups -OCH3 is 2. The van der Waals surface area contributed by atoms with E-state index in [1.165, 1.54) is 20.3 Å². The van der Waals surface area contributed by atoms with Gasteiger partial charge < -0.3 is 14.6 Å². The van der Waals surface area contributed by atoms with Gasteiger partial charge in [0, 0.05) is 10.9 Å². The number of halogens is 4. The Morgan fingerprint density at radius 3 is 2.41 bits per heavy atom. The van der Waals surface area contributed by atoms with Crippen LogP contribution in [0, 0.1) is 11.6 Å². The fraction of sp³-hybridized carbons (Fsp3) is 0.130. The fourth-order valence-corrected chi connectivity index (χ4v) is 5.27. The predicted octanol–water partition coefficient (Wildman–Crippen LogP) is 5.98. The Morgan fingerprint density at radius 1 is 1.09 bits per heavy atom. The van der Waals surface area contributed by atoms with Gasteiger partial charge in [0.05, 0.1) is 36.1 Å². The van der Waals surface area contributed by atoms with E-state index in [2.05, 4.69) is 0 Å². The van der Waals surface area contributed by atoms with E-state index in [9.17, 15) is 23.5 Å². The minimum atomic E-state index is -1.25.